The molecule has 0 saturated carbocycles. The van der Waals surface area contributed by atoms with Crippen molar-refractivity contribution < 1.29 is 13.2 Å². The number of sulfonamides is 1. The van der Waals surface area contributed by atoms with Gasteiger partial charge >= 0.3 is 0 Å². The molecule has 0 aliphatic carbocycles. The molecular formula is C16H25N3O3S2. The molecule has 1 fully saturated rings. The van der Waals surface area contributed by atoms with Gasteiger partial charge < -0.3 is 10.6 Å². The Kier molecular flexibility index (Phi) is 6.94. The smallest absolute Gasteiger partial charge is 0.232 e. The van der Waals surface area contributed by atoms with Crippen LogP contribution >= 0.6 is 11.8 Å². The number of thioether (sulfide) groups is 1. The number of benzene rings is 1. The van der Waals surface area contributed by atoms with Crippen molar-refractivity contribution in [3.05, 3.63) is 23.8 Å². The first-order valence-corrected chi connectivity index (χ1v) is 10.9. The summed E-state index contributed by atoms with van der Waals surface area (Å²) >= 11 is 1.85. The van der Waals surface area contributed by atoms with Gasteiger partial charge in [0, 0.05) is 36.2 Å². The molecule has 1 amide bonds. The van der Waals surface area contributed by atoms with Gasteiger partial charge in [0.1, 0.15) is 0 Å². The summed E-state index contributed by atoms with van der Waals surface area (Å²) in [5, 5.41) is 6.23. The molecule has 0 spiro atoms. The molecule has 0 aromatic heterocycles. The third kappa shape index (κ3) is 5.68. The van der Waals surface area contributed by atoms with Crippen LogP contribution in [0.4, 0.5) is 11.4 Å². The Morgan fingerprint density at radius 1 is 1.38 bits per heavy atom. The highest BCUT2D eigenvalue weighted by atomic mass is 32.2. The molecule has 1 aromatic rings. The average molecular weight is 372 g/mol. The number of hydrogen-bond acceptors (Lipinski definition) is 5. The van der Waals surface area contributed by atoms with E-state index in [1.807, 2.05) is 18.7 Å². The minimum Gasteiger partial charge on any atom is -0.326 e. The molecule has 134 valence electrons. The molecule has 3 N–H and O–H groups in total. The van der Waals surface area contributed by atoms with Crippen molar-refractivity contribution in [1.29, 1.82) is 0 Å². The van der Waals surface area contributed by atoms with Crippen LogP contribution in [0.15, 0.2) is 18.2 Å². The van der Waals surface area contributed by atoms with Crippen LogP contribution in [0, 0.1) is 6.92 Å². The Bertz CT molecular complexity index is 671. The number of rotatable bonds is 7. The molecule has 8 heteroatoms. The highest BCUT2D eigenvalue weighted by Gasteiger charge is 2.18. The number of carbonyl (C=O) groups excluding carboxylic acids is 1. The fraction of sp³-hybridized carbons (Fsp3) is 0.562. The Balaban J connectivity index is 2.02. The SMILES string of the molecule is CCCS(=O)(=O)Nc1cccc(NC(=O)CC2CSCCN2)c1C. The standard InChI is InChI=1S/C16H25N3O3S2/c1-3-9-24(21,22)19-15-6-4-5-14(12(15)2)18-16(20)10-13-11-23-8-7-17-13/h4-6,13,17,19H,3,7-11H2,1-2H3,(H,18,20). The van der Waals surface area contributed by atoms with Crippen LogP contribution in [0.1, 0.15) is 25.3 Å². The van der Waals surface area contributed by atoms with Crippen LogP contribution in [0.25, 0.3) is 0 Å². The van der Waals surface area contributed by atoms with Crippen molar-refractivity contribution in [1.82, 2.24) is 5.32 Å². The van der Waals surface area contributed by atoms with E-state index in [0.717, 1.165) is 23.6 Å². The first-order valence-electron chi connectivity index (χ1n) is 8.12. The van der Waals surface area contributed by atoms with Crippen LogP contribution in [0.5, 0.6) is 0 Å². The molecule has 1 aliphatic heterocycles. The molecule has 24 heavy (non-hydrogen) atoms. The van der Waals surface area contributed by atoms with E-state index in [-0.39, 0.29) is 17.7 Å². The largest absolute Gasteiger partial charge is 0.326 e. The molecule has 1 aliphatic rings. The monoisotopic (exact) mass is 371 g/mol. The second-order valence-corrected chi connectivity index (χ2v) is 8.87. The van der Waals surface area contributed by atoms with E-state index in [2.05, 4.69) is 15.4 Å². The van der Waals surface area contributed by atoms with E-state index < -0.39 is 10.0 Å². The van der Waals surface area contributed by atoms with E-state index in [1.54, 1.807) is 25.1 Å². The second kappa shape index (κ2) is 8.73. The van der Waals surface area contributed by atoms with Gasteiger partial charge in [0.05, 0.1) is 11.4 Å². The van der Waals surface area contributed by atoms with Gasteiger partial charge in [-0.25, -0.2) is 8.42 Å². The number of amides is 1. The summed E-state index contributed by atoms with van der Waals surface area (Å²) in [6.07, 6.45) is 0.968. The topological polar surface area (TPSA) is 87.3 Å². The summed E-state index contributed by atoms with van der Waals surface area (Å²) in [7, 11) is -3.35. The van der Waals surface area contributed by atoms with Crippen LogP contribution in [-0.2, 0) is 14.8 Å². The average Bonchev–Trinajstić information content (AvgIpc) is 2.52. The van der Waals surface area contributed by atoms with Gasteiger partial charge in [-0.3, -0.25) is 9.52 Å². The lowest BCUT2D eigenvalue weighted by molar-refractivity contribution is -0.116. The molecule has 0 bridgehead atoms. The quantitative estimate of drug-likeness (QED) is 0.684. The van der Waals surface area contributed by atoms with Gasteiger partial charge in [0.2, 0.25) is 15.9 Å². The van der Waals surface area contributed by atoms with E-state index in [4.69, 9.17) is 0 Å². The zero-order valence-electron chi connectivity index (χ0n) is 14.1. The summed E-state index contributed by atoms with van der Waals surface area (Å²) in [5.41, 5.74) is 1.87. The zero-order valence-corrected chi connectivity index (χ0v) is 15.7. The molecule has 1 saturated heterocycles. The van der Waals surface area contributed by atoms with Gasteiger partial charge in [0.15, 0.2) is 0 Å². The number of anilines is 2. The van der Waals surface area contributed by atoms with E-state index in [9.17, 15) is 13.2 Å². The number of nitrogens with one attached hydrogen (secondary N) is 3. The second-order valence-electron chi connectivity index (χ2n) is 5.88. The Morgan fingerprint density at radius 2 is 2.12 bits per heavy atom. The first-order chi connectivity index (χ1) is 11.4. The minimum atomic E-state index is -3.35. The summed E-state index contributed by atoms with van der Waals surface area (Å²) in [5.74, 6) is 2.03. The van der Waals surface area contributed by atoms with Crippen molar-refractivity contribution >= 4 is 39.1 Å². The zero-order chi connectivity index (χ0) is 17.6. The minimum absolute atomic E-state index is 0.0633. The highest BCUT2D eigenvalue weighted by molar-refractivity contribution is 7.99. The molecule has 1 heterocycles. The highest BCUT2D eigenvalue weighted by Crippen LogP contribution is 2.25. The van der Waals surface area contributed by atoms with Crippen LogP contribution < -0.4 is 15.4 Å². The van der Waals surface area contributed by atoms with Gasteiger partial charge in [-0.15, -0.1) is 0 Å². The third-order valence-electron chi connectivity index (χ3n) is 3.78. The van der Waals surface area contributed by atoms with Gasteiger partial charge in [-0.2, -0.15) is 11.8 Å². The summed E-state index contributed by atoms with van der Waals surface area (Å²) in [4.78, 5) is 12.2. The predicted molar refractivity (Wildman–Crippen MR) is 101 cm³/mol. The molecule has 0 radical (unpaired) electrons. The van der Waals surface area contributed by atoms with Crippen molar-refractivity contribution in [2.24, 2.45) is 0 Å². The molecule has 1 unspecified atom stereocenters. The van der Waals surface area contributed by atoms with Crippen molar-refractivity contribution in [2.75, 3.05) is 33.8 Å². The lowest BCUT2D eigenvalue weighted by atomic mass is 10.1. The predicted octanol–water partition coefficient (Wildman–Crippen LogP) is 2.18. The van der Waals surface area contributed by atoms with Crippen molar-refractivity contribution in [3.63, 3.8) is 0 Å². The molecule has 2 rings (SSSR count). The number of hydrogen-bond donors (Lipinski definition) is 3. The van der Waals surface area contributed by atoms with E-state index in [1.165, 1.54) is 0 Å². The summed E-state index contributed by atoms with van der Waals surface area (Å²) in [6.45, 7) is 4.55. The summed E-state index contributed by atoms with van der Waals surface area (Å²) in [6, 6.07) is 5.42. The molecule has 1 atom stereocenters. The fourth-order valence-corrected chi connectivity index (χ4v) is 4.69. The van der Waals surface area contributed by atoms with Gasteiger partial charge in [0.25, 0.3) is 0 Å². The molecule has 6 nitrogen and oxygen atoms in total. The number of carbonyl (C=O) groups is 1. The van der Waals surface area contributed by atoms with Crippen molar-refractivity contribution in [3.8, 4) is 0 Å². The first kappa shape index (κ1) is 19.1. The molecule has 1 aromatic carbocycles. The van der Waals surface area contributed by atoms with Crippen molar-refractivity contribution in [2.45, 2.75) is 32.7 Å². The normalized spacial score (nSPS) is 18.2. The van der Waals surface area contributed by atoms with Crippen LogP contribution in [0.3, 0.4) is 0 Å². The fourth-order valence-electron chi connectivity index (χ4n) is 2.54. The Labute approximate surface area is 148 Å². The maximum Gasteiger partial charge on any atom is 0.232 e. The Hall–Kier alpha value is -1.25. The van der Waals surface area contributed by atoms with E-state index >= 15 is 0 Å². The maximum absolute atomic E-state index is 12.2. The lowest BCUT2D eigenvalue weighted by Crippen LogP contribution is -2.39. The van der Waals surface area contributed by atoms with Crippen LogP contribution in [-0.4, -0.2) is 44.2 Å². The van der Waals surface area contributed by atoms with Crippen LogP contribution in [0.2, 0.25) is 0 Å². The molecular weight excluding hydrogens is 346 g/mol. The van der Waals surface area contributed by atoms with Gasteiger partial charge in [-0.1, -0.05) is 13.0 Å². The van der Waals surface area contributed by atoms with E-state index in [0.29, 0.717) is 24.2 Å². The third-order valence-corrected chi connectivity index (χ3v) is 6.38. The Morgan fingerprint density at radius 3 is 2.79 bits per heavy atom. The van der Waals surface area contributed by atoms with Gasteiger partial charge in [-0.05, 0) is 31.0 Å². The maximum atomic E-state index is 12.2. The summed E-state index contributed by atoms with van der Waals surface area (Å²) < 4.78 is 26.5. The lowest BCUT2D eigenvalue weighted by Gasteiger charge is -2.22.